The molecule has 1 aromatic carbocycles. The first-order valence-electron chi connectivity index (χ1n) is 7.35. The number of benzene rings is 1. The summed E-state index contributed by atoms with van der Waals surface area (Å²) in [5.74, 6) is 0.750. The van der Waals surface area contributed by atoms with Crippen LogP contribution in [-0.2, 0) is 0 Å². The minimum absolute atomic E-state index is 0.0467. The molecule has 1 aliphatic heterocycles. The van der Waals surface area contributed by atoms with E-state index in [-0.39, 0.29) is 11.7 Å². The van der Waals surface area contributed by atoms with E-state index in [0.717, 1.165) is 38.0 Å². The van der Waals surface area contributed by atoms with Gasteiger partial charge >= 0.3 is 0 Å². The van der Waals surface area contributed by atoms with Crippen LogP contribution in [0.25, 0.3) is 0 Å². The van der Waals surface area contributed by atoms with Crippen LogP contribution in [0.2, 0.25) is 0 Å². The van der Waals surface area contributed by atoms with Crippen molar-refractivity contribution in [3.8, 4) is 5.75 Å². The van der Waals surface area contributed by atoms with Gasteiger partial charge in [0, 0.05) is 13.1 Å². The third-order valence-corrected chi connectivity index (χ3v) is 4.09. The number of hydrogen-bond donors (Lipinski definition) is 2. The molecule has 0 radical (unpaired) electrons. The molecule has 1 heterocycles. The Hall–Kier alpha value is -1.55. The topological polar surface area (TPSA) is 52.6 Å². The fraction of sp³-hybridized carbons (Fsp3) is 0.562. The third-order valence-electron chi connectivity index (χ3n) is 4.09. The van der Waals surface area contributed by atoms with Crippen molar-refractivity contribution < 1.29 is 9.90 Å². The zero-order valence-electron chi connectivity index (χ0n) is 12.4. The maximum atomic E-state index is 12.4. The highest BCUT2D eigenvalue weighted by atomic mass is 16.3. The van der Waals surface area contributed by atoms with Gasteiger partial charge in [0.25, 0.3) is 5.91 Å². The molecule has 4 nitrogen and oxygen atoms in total. The Morgan fingerprint density at radius 1 is 1.40 bits per heavy atom. The van der Waals surface area contributed by atoms with Crippen molar-refractivity contribution in [3.05, 3.63) is 29.3 Å². The van der Waals surface area contributed by atoms with E-state index in [0.29, 0.717) is 11.5 Å². The van der Waals surface area contributed by atoms with E-state index in [1.807, 2.05) is 24.9 Å². The van der Waals surface area contributed by atoms with E-state index in [1.165, 1.54) is 6.42 Å². The molecule has 0 unspecified atom stereocenters. The standard InChI is InChI=1S/C16H24N2O2/c1-12-3-4-14(15(19)11-12)16(20)18-9-6-13(7-10-18)5-8-17-2/h3-4,11,13,17,19H,5-10H2,1-2H3. The lowest BCUT2D eigenvalue weighted by molar-refractivity contribution is 0.0684. The van der Waals surface area contributed by atoms with Gasteiger partial charge in [-0.3, -0.25) is 4.79 Å². The average molecular weight is 276 g/mol. The van der Waals surface area contributed by atoms with Crippen LogP contribution in [0.4, 0.5) is 0 Å². The van der Waals surface area contributed by atoms with Crippen molar-refractivity contribution in [2.24, 2.45) is 5.92 Å². The second-order valence-electron chi connectivity index (χ2n) is 5.65. The Kier molecular flexibility index (Phi) is 5.01. The first-order chi connectivity index (χ1) is 9.61. The number of aryl methyl sites for hydroxylation is 1. The Morgan fingerprint density at radius 2 is 2.10 bits per heavy atom. The number of hydrogen-bond acceptors (Lipinski definition) is 3. The van der Waals surface area contributed by atoms with E-state index >= 15 is 0 Å². The number of phenols is 1. The summed E-state index contributed by atoms with van der Waals surface area (Å²) in [6, 6.07) is 5.24. The number of aromatic hydroxyl groups is 1. The molecule has 1 saturated heterocycles. The fourth-order valence-electron chi connectivity index (χ4n) is 2.77. The number of carbonyl (C=O) groups is 1. The highest BCUT2D eigenvalue weighted by molar-refractivity contribution is 5.96. The van der Waals surface area contributed by atoms with Gasteiger partial charge in [-0.25, -0.2) is 0 Å². The zero-order chi connectivity index (χ0) is 14.5. The molecule has 1 fully saturated rings. The molecule has 0 aromatic heterocycles. The molecule has 0 bridgehead atoms. The van der Waals surface area contributed by atoms with E-state index in [4.69, 9.17) is 0 Å². The lowest BCUT2D eigenvalue weighted by Gasteiger charge is -2.32. The number of nitrogens with one attached hydrogen (secondary N) is 1. The van der Waals surface area contributed by atoms with Crippen LogP contribution in [0.1, 0.15) is 35.2 Å². The number of rotatable bonds is 4. The molecule has 2 N–H and O–H groups in total. The Labute approximate surface area is 120 Å². The molecule has 1 aromatic rings. The maximum Gasteiger partial charge on any atom is 0.257 e. The molecule has 1 aliphatic rings. The summed E-state index contributed by atoms with van der Waals surface area (Å²) >= 11 is 0. The van der Waals surface area contributed by atoms with Gasteiger partial charge in [0.15, 0.2) is 0 Å². The summed E-state index contributed by atoms with van der Waals surface area (Å²) < 4.78 is 0. The predicted octanol–water partition coefficient (Wildman–Crippen LogP) is 2.16. The SMILES string of the molecule is CNCCC1CCN(C(=O)c2ccc(C)cc2O)CC1. The molecule has 4 heteroatoms. The molecular weight excluding hydrogens is 252 g/mol. The number of nitrogens with zero attached hydrogens (tertiary/aromatic N) is 1. The van der Waals surface area contributed by atoms with Gasteiger partial charge in [-0.15, -0.1) is 0 Å². The molecule has 20 heavy (non-hydrogen) atoms. The summed E-state index contributed by atoms with van der Waals surface area (Å²) in [4.78, 5) is 14.3. The lowest BCUT2D eigenvalue weighted by atomic mass is 9.93. The van der Waals surface area contributed by atoms with Gasteiger partial charge in [-0.2, -0.15) is 0 Å². The maximum absolute atomic E-state index is 12.4. The molecule has 0 aliphatic carbocycles. The predicted molar refractivity (Wildman–Crippen MR) is 80.0 cm³/mol. The van der Waals surface area contributed by atoms with E-state index < -0.39 is 0 Å². The van der Waals surface area contributed by atoms with Crippen LogP contribution in [0.15, 0.2) is 18.2 Å². The van der Waals surface area contributed by atoms with Crippen LogP contribution in [0.5, 0.6) is 5.75 Å². The van der Waals surface area contributed by atoms with Crippen molar-refractivity contribution in [1.82, 2.24) is 10.2 Å². The molecule has 0 atom stereocenters. The van der Waals surface area contributed by atoms with Crippen molar-refractivity contribution in [3.63, 3.8) is 0 Å². The Bertz CT molecular complexity index is 466. The first-order valence-corrected chi connectivity index (χ1v) is 7.35. The smallest absolute Gasteiger partial charge is 0.257 e. The molecule has 2 rings (SSSR count). The Morgan fingerprint density at radius 3 is 2.70 bits per heavy atom. The highest BCUT2D eigenvalue weighted by Gasteiger charge is 2.24. The minimum Gasteiger partial charge on any atom is -0.507 e. The summed E-state index contributed by atoms with van der Waals surface area (Å²) in [7, 11) is 1.97. The van der Waals surface area contributed by atoms with Crippen molar-refractivity contribution in [2.75, 3.05) is 26.7 Å². The van der Waals surface area contributed by atoms with Crippen molar-refractivity contribution in [1.29, 1.82) is 0 Å². The van der Waals surface area contributed by atoms with Gasteiger partial charge in [0.05, 0.1) is 5.56 Å². The second-order valence-corrected chi connectivity index (χ2v) is 5.65. The molecule has 0 saturated carbocycles. The van der Waals surface area contributed by atoms with Crippen LogP contribution < -0.4 is 5.32 Å². The molecule has 110 valence electrons. The van der Waals surface area contributed by atoms with Crippen molar-refractivity contribution in [2.45, 2.75) is 26.2 Å². The highest BCUT2D eigenvalue weighted by Crippen LogP contribution is 2.25. The number of phenolic OH excluding ortho intramolecular Hbond substituents is 1. The monoisotopic (exact) mass is 276 g/mol. The summed E-state index contributed by atoms with van der Waals surface area (Å²) in [5.41, 5.74) is 1.38. The van der Waals surface area contributed by atoms with Gasteiger partial charge in [0.1, 0.15) is 5.75 Å². The molecule has 0 spiro atoms. The fourth-order valence-corrected chi connectivity index (χ4v) is 2.77. The summed E-state index contributed by atoms with van der Waals surface area (Å²) in [6.45, 7) is 4.53. The van der Waals surface area contributed by atoms with Crippen LogP contribution in [-0.4, -0.2) is 42.6 Å². The number of amides is 1. The number of likely N-dealkylation sites (tertiary alicyclic amines) is 1. The third kappa shape index (κ3) is 3.51. The first kappa shape index (κ1) is 14.9. The number of piperidine rings is 1. The Balaban J connectivity index is 1.94. The summed E-state index contributed by atoms with van der Waals surface area (Å²) in [6.07, 6.45) is 3.29. The van der Waals surface area contributed by atoms with Gasteiger partial charge in [0.2, 0.25) is 0 Å². The number of carbonyl (C=O) groups excluding carboxylic acids is 1. The van der Waals surface area contributed by atoms with Crippen LogP contribution in [0, 0.1) is 12.8 Å². The van der Waals surface area contributed by atoms with Crippen molar-refractivity contribution >= 4 is 5.91 Å². The van der Waals surface area contributed by atoms with Gasteiger partial charge in [-0.1, -0.05) is 6.07 Å². The zero-order valence-corrected chi connectivity index (χ0v) is 12.4. The normalized spacial score (nSPS) is 16.4. The molecule has 1 amide bonds. The summed E-state index contributed by atoms with van der Waals surface area (Å²) in [5, 5.41) is 13.1. The van der Waals surface area contributed by atoms with E-state index in [2.05, 4.69) is 5.32 Å². The quantitative estimate of drug-likeness (QED) is 0.886. The average Bonchev–Trinajstić information content (AvgIpc) is 2.45. The molecular formula is C16H24N2O2. The largest absolute Gasteiger partial charge is 0.507 e. The second kappa shape index (κ2) is 6.75. The van der Waals surface area contributed by atoms with Gasteiger partial charge in [-0.05, 0) is 63.4 Å². The van der Waals surface area contributed by atoms with E-state index in [9.17, 15) is 9.90 Å². The van der Waals surface area contributed by atoms with Crippen LogP contribution >= 0.6 is 0 Å². The lowest BCUT2D eigenvalue weighted by Crippen LogP contribution is -2.39. The van der Waals surface area contributed by atoms with Gasteiger partial charge < -0.3 is 15.3 Å². The van der Waals surface area contributed by atoms with Crippen LogP contribution in [0.3, 0.4) is 0 Å². The minimum atomic E-state index is -0.0467. The van der Waals surface area contributed by atoms with E-state index in [1.54, 1.807) is 12.1 Å².